The molecular formula is C15H16O4S2. The van der Waals surface area contributed by atoms with Crippen LogP contribution in [-0.2, 0) is 9.47 Å². The molecule has 112 valence electrons. The maximum absolute atomic E-state index is 9.21. The zero-order valence-corrected chi connectivity index (χ0v) is 12.9. The van der Waals surface area contributed by atoms with E-state index in [1.165, 1.54) is 0 Å². The van der Waals surface area contributed by atoms with Crippen molar-refractivity contribution in [1.29, 1.82) is 0 Å². The van der Waals surface area contributed by atoms with Crippen LogP contribution in [0.5, 0.6) is 11.5 Å². The number of phenolic OH excluding ortho intramolecular Hbond substituents is 2. The molecule has 21 heavy (non-hydrogen) atoms. The monoisotopic (exact) mass is 324 g/mol. The summed E-state index contributed by atoms with van der Waals surface area (Å²) in [7, 11) is 0. The summed E-state index contributed by atoms with van der Waals surface area (Å²) in [4.78, 5) is 0. The lowest BCUT2D eigenvalue weighted by atomic mass is 10.2. The first-order valence-electron chi connectivity index (χ1n) is 6.23. The Labute approximate surface area is 134 Å². The van der Waals surface area contributed by atoms with Crippen molar-refractivity contribution in [3.05, 3.63) is 59.7 Å². The van der Waals surface area contributed by atoms with Crippen molar-refractivity contribution in [2.75, 3.05) is 6.79 Å². The largest absolute Gasteiger partial charge is 0.508 e. The third kappa shape index (κ3) is 4.86. The van der Waals surface area contributed by atoms with Crippen LogP contribution in [0.25, 0.3) is 0 Å². The first-order chi connectivity index (χ1) is 10.1. The summed E-state index contributed by atoms with van der Waals surface area (Å²) in [5, 5.41) is 18.4. The third-order valence-electron chi connectivity index (χ3n) is 2.81. The van der Waals surface area contributed by atoms with Gasteiger partial charge >= 0.3 is 0 Å². The van der Waals surface area contributed by atoms with Gasteiger partial charge in [0.05, 0.1) is 0 Å². The standard InChI is InChI=1S/C15H16O4S2/c16-12-5-1-10(2-6-12)14(20)18-9-19-15(21)11-3-7-13(17)8-4-11/h1-8,14-17,20-21H,9H2. The Morgan fingerprint density at radius 2 is 1.05 bits per heavy atom. The average molecular weight is 324 g/mol. The van der Waals surface area contributed by atoms with Gasteiger partial charge in [0.15, 0.2) is 6.79 Å². The van der Waals surface area contributed by atoms with Gasteiger partial charge in [-0.05, 0) is 35.4 Å². The Kier molecular flexibility index (Phi) is 5.81. The summed E-state index contributed by atoms with van der Waals surface area (Å²) in [6, 6.07) is 13.2. The van der Waals surface area contributed by atoms with Crippen molar-refractivity contribution in [2.45, 2.75) is 10.9 Å². The van der Waals surface area contributed by atoms with Crippen LogP contribution in [0.2, 0.25) is 0 Å². The normalized spacial score (nSPS) is 13.8. The van der Waals surface area contributed by atoms with Gasteiger partial charge in [-0.15, -0.1) is 25.3 Å². The second kappa shape index (κ2) is 7.61. The van der Waals surface area contributed by atoms with E-state index in [1.807, 2.05) is 0 Å². The van der Waals surface area contributed by atoms with Gasteiger partial charge in [-0.3, -0.25) is 0 Å². The van der Waals surface area contributed by atoms with Crippen molar-refractivity contribution in [1.82, 2.24) is 0 Å². The van der Waals surface area contributed by atoms with Crippen molar-refractivity contribution >= 4 is 25.3 Å². The van der Waals surface area contributed by atoms with E-state index in [2.05, 4.69) is 25.3 Å². The van der Waals surface area contributed by atoms with Gasteiger partial charge in [0.25, 0.3) is 0 Å². The fourth-order valence-electron chi connectivity index (χ4n) is 1.64. The quantitative estimate of drug-likeness (QED) is 0.484. The molecule has 0 aromatic heterocycles. The summed E-state index contributed by atoms with van der Waals surface area (Å²) in [5.74, 6) is 0.386. The summed E-state index contributed by atoms with van der Waals surface area (Å²) in [6.45, 7) is 0.0179. The molecule has 0 heterocycles. The molecule has 2 aromatic carbocycles. The van der Waals surface area contributed by atoms with Crippen LogP contribution in [0.15, 0.2) is 48.5 Å². The van der Waals surface area contributed by atoms with Gasteiger partial charge in [-0.2, -0.15) is 0 Å². The lowest BCUT2D eigenvalue weighted by Gasteiger charge is -2.16. The van der Waals surface area contributed by atoms with E-state index in [4.69, 9.17) is 9.47 Å². The van der Waals surface area contributed by atoms with Crippen LogP contribution in [0.4, 0.5) is 0 Å². The lowest BCUT2D eigenvalue weighted by molar-refractivity contribution is -0.0738. The molecule has 2 N–H and O–H groups in total. The summed E-state index contributed by atoms with van der Waals surface area (Å²) >= 11 is 8.63. The Morgan fingerprint density at radius 1 is 0.714 bits per heavy atom. The number of thiol groups is 2. The number of phenols is 2. The molecule has 0 aliphatic heterocycles. The molecule has 2 unspecified atom stereocenters. The minimum Gasteiger partial charge on any atom is -0.508 e. The first kappa shape index (κ1) is 16.0. The molecular weight excluding hydrogens is 308 g/mol. The molecule has 0 saturated carbocycles. The molecule has 4 nitrogen and oxygen atoms in total. The van der Waals surface area contributed by atoms with Crippen LogP contribution >= 0.6 is 25.3 Å². The van der Waals surface area contributed by atoms with E-state index >= 15 is 0 Å². The average Bonchev–Trinajstić information content (AvgIpc) is 2.48. The van der Waals surface area contributed by atoms with Crippen molar-refractivity contribution in [2.24, 2.45) is 0 Å². The third-order valence-corrected chi connectivity index (χ3v) is 3.70. The highest BCUT2D eigenvalue weighted by Crippen LogP contribution is 2.26. The van der Waals surface area contributed by atoms with Gasteiger partial charge in [-0.1, -0.05) is 24.3 Å². The van der Waals surface area contributed by atoms with Gasteiger partial charge in [0, 0.05) is 0 Å². The fraction of sp³-hybridized carbons (Fsp3) is 0.200. The summed E-state index contributed by atoms with van der Waals surface area (Å²) in [6.07, 6.45) is 0. The zero-order chi connectivity index (χ0) is 15.2. The van der Waals surface area contributed by atoms with E-state index in [9.17, 15) is 10.2 Å². The Morgan fingerprint density at radius 3 is 1.38 bits per heavy atom. The van der Waals surface area contributed by atoms with Crippen molar-refractivity contribution in [3.8, 4) is 11.5 Å². The second-order valence-electron chi connectivity index (χ2n) is 4.34. The highest BCUT2D eigenvalue weighted by Gasteiger charge is 2.10. The highest BCUT2D eigenvalue weighted by atomic mass is 32.1. The second-order valence-corrected chi connectivity index (χ2v) is 5.28. The maximum Gasteiger partial charge on any atom is 0.150 e. The SMILES string of the molecule is Oc1ccc(C(S)OCOC(S)c2ccc(O)cc2)cc1. The Balaban J connectivity index is 1.80. The van der Waals surface area contributed by atoms with Crippen LogP contribution in [0, 0.1) is 0 Å². The number of benzene rings is 2. The molecule has 2 rings (SSSR count). The molecule has 2 atom stereocenters. The van der Waals surface area contributed by atoms with Crippen molar-refractivity contribution in [3.63, 3.8) is 0 Å². The molecule has 0 radical (unpaired) electrons. The first-order valence-corrected chi connectivity index (χ1v) is 7.27. The number of hydrogen-bond acceptors (Lipinski definition) is 6. The molecule has 0 aliphatic rings. The van der Waals surface area contributed by atoms with Gasteiger partial charge in [-0.25, -0.2) is 0 Å². The Hall–Kier alpha value is -1.34. The predicted octanol–water partition coefficient (Wildman–Crippen LogP) is 3.65. The minimum absolute atomic E-state index is 0.0179. The molecule has 0 saturated heterocycles. The van der Waals surface area contributed by atoms with Crippen molar-refractivity contribution < 1.29 is 19.7 Å². The molecule has 0 bridgehead atoms. The van der Waals surface area contributed by atoms with E-state index in [0.29, 0.717) is 0 Å². The molecule has 0 amide bonds. The van der Waals surface area contributed by atoms with Crippen LogP contribution in [0.3, 0.4) is 0 Å². The molecule has 2 aromatic rings. The summed E-state index contributed by atoms with van der Waals surface area (Å²) in [5.41, 5.74) is 0.733. The van der Waals surface area contributed by atoms with Crippen LogP contribution < -0.4 is 0 Å². The number of rotatable bonds is 6. The fourth-order valence-corrected chi connectivity index (χ4v) is 2.10. The number of aromatic hydroxyl groups is 2. The highest BCUT2D eigenvalue weighted by molar-refractivity contribution is 7.80. The Bertz CT molecular complexity index is 505. The van der Waals surface area contributed by atoms with E-state index in [1.54, 1.807) is 48.5 Å². The summed E-state index contributed by atoms with van der Waals surface area (Å²) < 4.78 is 10.9. The predicted molar refractivity (Wildman–Crippen MR) is 86.7 cm³/mol. The van der Waals surface area contributed by atoms with Crippen LogP contribution in [0.1, 0.15) is 22.0 Å². The minimum atomic E-state index is -0.453. The zero-order valence-electron chi connectivity index (χ0n) is 11.1. The van der Waals surface area contributed by atoms with Gasteiger partial charge in [0.1, 0.15) is 22.4 Å². The maximum atomic E-state index is 9.21. The van der Waals surface area contributed by atoms with E-state index < -0.39 is 10.9 Å². The number of hydrogen-bond donors (Lipinski definition) is 4. The van der Waals surface area contributed by atoms with E-state index in [-0.39, 0.29) is 18.3 Å². The molecule has 6 heteroatoms. The number of ether oxygens (including phenoxy) is 2. The lowest BCUT2D eigenvalue weighted by Crippen LogP contribution is -2.05. The molecule has 0 fully saturated rings. The molecule has 0 spiro atoms. The topological polar surface area (TPSA) is 58.9 Å². The van der Waals surface area contributed by atoms with Crippen LogP contribution in [-0.4, -0.2) is 17.0 Å². The smallest absolute Gasteiger partial charge is 0.150 e. The van der Waals surface area contributed by atoms with E-state index in [0.717, 1.165) is 11.1 Å². The van der Waals surface area contributed by atoms with Gasteiger partial charge in [0.2, 0.25) is 0 Å². The molecule has 0 aliphatic carbocycles. The van der Waals surface area contributed by atoms with Gasteiger partial charge < -0.3 is 19.7 Å².